The number of hydroxylamine groups is 1. The summed E-state index contributed by atoms with van der Waals surface area (Å²) in [6.45, 7) is 0.694. The summed E-state index contributed by atoms with van der Waals surface area (Å²) in [7, 11) is 0. The van der Waals surface area contributed by atoms with Gasteiger partial charge in [0.2, 0.25) is 0 Å². The van der Waals surface area contributed by atoms with E-state index in [-0.39, 0.29) is 12.2 Å². The van der Waals surface area contributed by atoms with Gasteiger partial charge in [-0.1, -0.05) is 0 Å². The van der Waals surface area contributed by atoms with E-state index in [0.29, 0.717) is 6.61 Å². The Bertz CT molecular complexity index is 427. The Balaban J connectivity index is 1.73. The molecular weight excluding hydrogens is 318 g/mol. The summed E-state index contributed by atoms with van der Waals surface area (Å²) in [5.74, 6) is -0.286. The van der Waals surface area contributed by atoms with Crippen LogP contribution in [-0.2, 0) is 14.4 Å². The van der Waals surface area contributed by atoms with Crippen molar-refractivity contribution in [2.24, 2.45) is 0 Å². The number of carbonyl (C=O) groups excluding carboxylic acids is 1. The first kappa shape index (κ1) is 13.7. The van der Waals surface area contributed by atoms with Gasteiger partial charge in [0.25, 0.3) is 5.91 Å². The van der Waals surface area contributed by atoms with Crippen molar-refractivity contribution in [1.82, 2.24) is 5.48 Å². The molecule has 0 bridgehead atoms. The van der Waals surface area contributed by atoms with Gasteiger partial charge in [0.1, 0.15) is 0 Å². The molecule has 4 nitrogen and oxygen atoms in total. The van der Waals surface area contributed by atoms with E-state index < -0.39 is 0 Å². The maximum Gasteiger partial charge on any atom is 0.267 e. The smallest absolute Gasteiger partial charge is 0.267 e. The summed E-state index contributed by atoms with van der Waals surface area (Å²) < 4.78 is 6.37. The molecule has 18 heavy (non-hydrogen) atoms. The van der Waals surface area contributed by atoms with Crippen LogP contribution in [0.5, 0.6) is 0 Å². The van der Waals surface area contributed by atoms with Gasteiger partial charge in [-0.3, -0.25) is 4.79 Å². The zero-order valence-corrected chi connectivity index (χ0v) is 12.1. The van der Waals surface area contributed by atoms with E-state index >= 15 is 0 Å². The molecule has 1 fully saturated rings. The van der Waals surface area contributed by atoms with Crippen molar-refractivity contribution < 1.29 is 14.4 Å². The van der Waals surface area contributed by atoms with Gasteiger partial charge in [0, 0.05) is 19.1 Å². The Morgan fingerprint density at radius 1 is 1.61 bits per heavy atom. The van der Waals surface area contributed by atoms with Gasteiger partial charge in [0.15, 0.2) is 6.29 Å². The van der Waals surface area contributed by atoms with Crippen LogP contribution in [0, 0.1) is 0 Å². The standard InChI is InChI=1S/C12H14BrNO3S/c13-10-7-9(8-18-10)4-5-11(15)14-17-12-3-1-2-6-16-12/h4-5,7-8,12H,1-3,6H2,(H,14,15)/b5-4-/t12-/m1/s1. The number of hydrogen-bond donors (Lipinski definition) is 1. The van der Waals surface area contributed by atoms with Crippen molar-refractivity contribution in [2.45, 2.75) is 25.6 Å². The molecule has 2 rings (SSSR count). The molecule has 1 atom stereocenters. The van der Waals surface area contributed by atoms with Gasteiger partial charge < -0.3 is 4.74 Å². The van der Waals surface area contributed by atoms with E-state index in [1.54, 1.807) is 17.4 Å². The Morgan fingerprint density at radius 2 is 2.50 bits per heavy atom. The molecule has 1 aromatic rings. The summed E-state index contributed by atoms with van der Waals surface area (Å²) in [6, 6.07) is 1.94. The van der Waals surface area contributed by atoms with E-state index in [9.17, 15) is 4.79 Å². The Hall–Kier alpha value is -0.690. The number of nitrogens with one attached hydrogen (secondary N) is 1. The lowest BCUT2D eigenvalue weighted by Crippen LogP contribution is -2.32. The summed E-state index contributed by atoms with van der Waals surface area (Å²) in [4.78, 5) is 16.6. The number of hydrogen-bond acceptors (Lipinski definition) is 4. The second kappa shape index (κ2) is 7.04. The molecule has 0 unspecified atom stereocenters. The van der Waals surface area contributed by atoms with Crippen LogP contribution in [0.3, 0.4) is 0 Å². The summed E-state index contributed by atoms with van der Waals surface area (Å²) in [5.41, 5.74) is 3.35. The molecule has 0 saturated carbocycles. The van der Waals surface area contributed by atoms with E-state index in [1.165, 1.54) is 6.08 Å². The molecule has 1 aliphatic heterocycles. The van der Waals surface area contributed by atoms with Crippen LogP contribution in [0.2, 0.25) is 0 Å². The zero-order chi connectivity index (χ0) is 12.8. The summed E-state index contributed by atoms with van der Waals surface area (Å²) >= 11 is 4.94. The van der Waals surface area contributed by atoms with Crippen LogP contribution in [0.1, 0.15) is 24.8 Å². The molecule has 1 saturated heterocycles. The molecule has 1 N–H and O–H groups in total. The maximum atomic E-state index is 11.5. The third-order valence-electron chi connectivity index (χ3n) is 2.44. The normalized spacial score (nSPS) is 20.2. The van der Waals surface area contributed by atoms with Gasteiger partial charge in [0.05, 0.1) is 3.79 Å². The van der Waals surface area contributed by atoms with E-state index in [1.807, 2.05) is 11.4 Å². The van der Waals surface area contributed by atoms with Crippen LogP contribution in [0.15, 0.2) is 21.3 Å². The second-order valence-corrected chi connectivity index (χ2v) is 6.19. The Labute approximate surface area is 118 Å². The predicted octanol–water partition coefficient (Wildman–Crippen LogP) is 3.10. The minimum atomic E-state index is -0.314. The average Bonchev–Trinajstić information content (AvgIpc) is 2.81. The predicted molar refractivity (Wildman–Crippen MR) is 73.9 cm³/mol. The molecular formula is C12H14BrNO3S. The lowest BCUT2D eigenvalue weighted by atomic mass is 10.2. The highest BCUT2D eigenvalue weighted by molar-refractivity contribution is 9.11. The molecule has 0 aromatic carbocycles. The largest absolute Gasteiger partial charge is 0.350 e. The van der Waals surface area contributed by atoms with Crippen LogP contribution in [-0.4, -0.2) is 18.8 Å². The summed E-state index contributed by atoms with van der Waals surface area (Å²) in [6.07, 6.45) is 5.81. The lowest BCUT2D eigenvalue weighted by Gasteiger charge is -2.21. The Kier molecular flexibility index (Phi) is 5.37. The van der Waals surface area contributed by atoms with Crippen LogP contribution in [0.4, 0.5) is 0 Å². The van der Waals surface area contributed by atoms with Crippen molar-refractivity contribution in [2.75, 3.05) is 6.61 Å². The van der Waals surface area contributed by atoms with E-state index in [0.717, 1.165) is 28.6 Å². The molecule has 0 spiro atoms. The van der Waals surface area contributed by atoms with Gasteiger partial charge in [-0.2, -0.15) is 0 Å². The molecule has 98 valence electrons. The van der Waals surface area contributed by atoms with Gasteiger partial charge in [-0.25, -0.2) is 10.3 Å². The molecule has 2 heterocycles. The number of halogens is 1. The quantitative estimate of drug-likeness (QED) is 0.681. The number of thiophene rings is 1. The molecule has 0 radical (unpaired) electrons. The summed E-state index contributed by atoms with van der Waals surface area (Å²) in [5, 5.41) is 1.96. The third kappa shape index (κ3) is 4.53. The SMILES string of the molecule is O=C(/C=C\c1csc(Br)c1)NO[C@@H]1CCCCO1. The molecule has 0 aliphatic carbocycles. The Morgan fingerprint density at radius 3 is 3.17 bits per heavy atom. The fraction of sp³-hybridized carbons (Fsp3) is 0.417. The lowest BCUT2D eigenvalue weighted by molar-refractivity contribution is -0.198. The van der Waals surface area contributed by atoms with Crippen molar-refractivity contribution in [3.63, 3.8) is 0 Å². The topological polar surface area (TPSA) is 47.6 Å². The molecule has 1 amide bonds. The van der Waals surface area contributed by atoms with Crippen LogP contribution in [0.25, 0.3) is 6.08 Å². The highest BCUT2D eigenvalue weighted by Crippen LogP contribution is 2.21. The average molecular weight is 332 g/mol. The fourth-order valence-electron chi connectivity index (χ4n) is 1.54. The second-order valence-electron chi connectivity index (χ2n) is 3.90. The highest BCUT2D eigenvalue weighted by Gasteiger charge is 2.14. The van der Waals surface area contributed by atoms with Crippen molar-refractivity contribution >= 4 is 39.2 Å². The number of amides is 1. The maximum absolute atomic E-state index is 11.5. The van der Waals surface area contributed by atoms with Gasteiger partial charge in [-0.05, 0) is 51.9 Å². The first-order valence-corrected chi connectivity index (χ1v) is 7.40. The van der Waals surface area contributed by atoms with Gasteiger partial charge >= 0.3 is 0 Å². The molecule has 1 aromatic heterocycles. The highest BCUT2D eigenvalue weighted by atomic mass is 79.9. The van der Waals surface area contributed by atoms with Crippen LogP contribution < -0.4 is 5.48 Å². The van der Waals surface area contributed by atoms with Crippen molar-refractivity contribution in [1.29, 1.82) is 0 Å². The fourth-order valence-corrected chi connectivity index (χ4v) is 2.69. The minimum Gasteiger partial charge on any atom is -0.350 e. The monoisotopic (exact) mass is 331 g/mol. The first-order chi connectivity index (χ1) is 8.74. The molecule has 6 heteroatoms. The van der Waals surface area contributed by atoms with Crippen molar-refractivity contribution in [3.8, 4) is 0 Å². The van der Waals surface area contributed by atoms with Gasteiger partial charge in [-0.15, -0.1) is 11.3 Å². The zero-order valence-electron chi connectivity index (χ0n) is 9.73. The number of ether oxygens (including phenoxy) is 1. The van der Waals surface area contributed by atoms with E-state index in [2.05, 4.69) is 21.4 Å². The minimum absolute atomic E-state index is 0.286. The molecule has 1 aliphatic rings. The van der Waals surface area contributed by atoms with E-state index in [4.69, 9.17) is 9.57 Å². The van der Waals surface area contributed by atoms with Crippen molar-refractivity contribution in [3.05, 3.63) is 26.9 Å². The number of rotatable bonds is 4. The van der Waals surface area contributed by atoms with Crippen LogP contribution >= 0.6 is 27.3 Å². The first-order valence-electron chi connectivity index (χ1n) is 5.73. The number of carbonyl (C=O) groups is 1. The third-order valence-corrected chi connectivity index (χ3v) is 3.97.